The van der Waals surface area contributed by atoms with E-state index < -0.39 is 16.1 Å². The molecule has 8 heteroatoms. The summed E-state index contributed by atoms with van der Waals surface area (Å²) in [6, 6.07) is 16.0. The average molecular weight is 435 g/mol. The van der Waals surface area contributed by atoms with Crippen LogP contribution in [0.2, 0.25) is 0 Å². The van der Waals surface area contributed by atoms with Crippen LogP contribution in [-0.4, -0.2) is 28.5 Å². The number of benzene rings is 2. The Balaban J connectivity index is 1.62. The quantitative estimate of drug-likeness (QED) is 0.473. The van der Waals surface area contributed by atoms with Crippen molar-refractivity contribution in [2.45, 2.75) is 24.3 Å². The van der Waals surface area contributed by atoms with Gasteiger partial charge in [-0.2, -0.15) is 17.9 Å². The van der Waals surface area contributed by atoms with Gasteiger partial charge in [-0.15, -0.1) is 11.3 Å². The lowest BCUT2D eigenvalue weighted by Crippen LogP contribution is -2.27. The monoisotopic (exact) mass is 434 g/mol. The van der Waals surface area contributed by atoms with Crippen molar-refractivity contribution < 1.29 is 8.42 Å². The van der Waals surface area contributed by atoms with Gasteiger partial charge >= 0.3 is 0 Å². The largest absolute Gasteiger partial charge is 0.279 e. The molecule has 0 amide bonds. The molecule has 0 radical (unpaired) electrons. The zero-order valence-electron chi connectivity index (χ0n) is 16.1. The first-order valence-electron chi connectivity index (χ1n) is 9.45. The highest BCUT2D eigenvalue weighted by Crippen LogP contribution is 2.38. The van der Waals surface area contributed by atoms with Gasteiger partial charge in [0.1, 0.15) is 0 Å². The number of hydrogen-bond acceptors (Lipinski definition) is 6. The van der Waals surface area contributed by atoms with Gasteiger partial charge < -0.3 is 0 Å². The van der Waals surface area contributed by atoms with E-state index in [-0.39, 0.29) is 4.90 Å². The SMILES string of the molecule is Cc1ccc(S(=O)(=O)N2N=C(c3cccs3)C[C@@H]2c2ccc3nccnc3c2)cc1. The highest BCUT2D eigenvalue weighted by atomic mass is 32.2. The van der Waals surface area contributed by atoms with Crippen LogP contribution >= 0.6 is 11.3 Å². The molecule has 2 aromatic heterocycles. The van der Waals surface area contributed by atoms with Crippen LogP contribution in [0.1, 0.15) is 28.5 Å². The average Bonchev–Trinajstić information content (AvgIpc) is 3.44. The Kier molecular flexibility index (Phi) is 4.60. The zero-order chi connectivity index (χ0) is 20.7. The Hall–Kier alpha value is -3.10. The molecule has 0 fully saturated rings. The maximum atomic E-state index is 13.5. The number of hydrazone groups is 1. The third-order valence-electron chi connectivity index (χ3n) is 5.12. The number of fused-ring (bicyclic) bond motifs is 1. The Morgan fingerprint density at radius 1 is 1.00 bits per heavy atom. The van der Waals surface area contributed by atoms with Gasteiger partial charge in [0.05, 0.1) is 32.6 Å². The minimum atomic E-state index is -3.82. The van der Waals surface area contributed by atoms with Gasteiger partial charge in [0, 0.05) is 18.8 Å². The molecule has 3 heterocycles. The highest BCUT2D eigenvalue weighted by molar-refractivity contribution is 7.89. The van der Waals surface area contributed by atoms with Crippen LogP contribution in [0, 0.1) is 6.92 Å². The van der Waals surface area contributed by atoms with Crippen molar-refractivity contribution in [3.05, 3.63) is 88.4 Å². The summed E-state index contributed by atoms with van der Waals surface area (Å²) in [6.07, 6.45) is 3.77. The van der Waals surface area contributed by atoms with Crippen molar-refractivity contribution in [3.8, 4) is 0 Å². The number of aromatic nitrogens is 2. The third-order valence-corrected chi connectivity index (χ3v) is 7.74. The molecule has 0 saturated carbocycles. The van der Waals surface area contributed by atoms with Crippen molar-refractivity contribution in [3.63, 3.8) is 0 Å². The second kappa shape index (κ2) is 7.30. The summed E-state index contributed by atoms with van der Waals surface area (Å²) in [6.45, 7) is 1.93. The first-order chi connectivity index (χ1) is 14.5. The molecule has 1 aliphatic rings. The van der Waals surface area contributed by atoms with E-state index in [2.05, 4.69) is 15.1 Å². The van der Waals surface area contributed by atoms with E-state index in [0.717, 1.165) is 32.7 Å². The standard InChI is InChI=1S/C22H18N4O2S2/c1-15-4-7-17(8-5-15)30(27,28)26-21(14-20(25-26)22-3-2-12-29-22)16-6-9-18-19(13-16)24-11-10-23-18/h2-13,21H,14H2,1H3/t21-/m1/s1. The van der Waals surface area contributed by atoms with Crippen molar-refractivity contribution in [1.82, 2.24) is 14.4 Å². The van der Waals surface area contributed by atoms with Crippen molar-refractivity contribution in [2.24, 2.45) is 5.10 Å². The lowest BCUT2D eigenvalue weighted by Gasteiger charge is -2.23. The summed E-state index contributed by atoms with van der Waals surface area (Å²) >= 11 is 1.56. The predicted octanol–water partition coefficient (Wildman–Crippen LogP) is 4.54. The van der Waals surface area contributed by atoms with Crippen LogP contribution in [-0.2, 0) is 10.0 Å². The van der Waals surface area contributed by atoms with Crippen LogP contribution in [0.4, 0.5) is 0 Å². The molecule has 0 unspecified atom stereocenters. The molecule has 0 spiro atoms. The molecule has 150 valence electrons. The fourth-order valence-electron chi connectivity index (χ4n) is 3.56. The summed E-state index contributed by atoms with van der Waals surface area (Å²) in [5, 5.41) is 6.54. The van der Waals surface area contributed by atoms with Crippen molar-refractivity contribution in [2.75, 3.05) is 0 Å². The molecule has 1 aliphatic heterocycles. The summed E-state index contributed by atoms with van der Waals surface area (Å²) < 4.78 is 28.3. The first kappa shape index (κ1) is 18.9. The van der Waals surface area contributed by atoms with Gasteiger partial charge in [0.2, 0.25) is 0 Å². The van der Waals surface area contributed by atoms with Crippen LogP contribution in [0.5, 0.6) is 0 Å². The van der Waals surface area contributed by atoms with Crippen molar-refractivity contribution in [1.29, 1.82) is 0 Å². The number of thiophene rings is 1. The molecular formula is C22H18N4O2S2. The van der Waals surface area contributed by atoms with Gasteiger partial charge in [-0.05, 0) is 48.2 Å². The zero-order valence-corrected chi connectivity index (χ0v) is 17.8. The number of nitrogens with zero attached hydrogens (tertiary/aromatic N) is 4. The minimum Gasteiger partial charge on any atom is -0.253 e. The van der Waals surface area contributed by atoms with Crippen LogP contribution in [0.3, 0.4) is 0 Å². The van der Waals surface area contributed by atoms with E-state index in [9.17, 15) is 8.42 Å². The molecule has 0 saturated heterocycles. The Labute approximate surface area is 178 Å². The van der Waals surface area contributed by atoms with Gasteiger partial charge in [-0.1, -0.05) is 29.8 Å². The number of sulfonamides is 1. The van der Waals surface area contributed by atoms with E-state index in [1.54, 1.807) is 48.0 Å². The molecule has 0 aliphatic carbocycles. The molecule has 0 bridgehead atoms. The van der Waals surface area contributed by atoms with Gasteiger partial charge in [-0.25, -0.2) is 0 Å². The molecule has 6 nitrogen and oxygen atoms in total. The summed E-state index contributed by atoms with van der Waals surface area (Å²) in [7, 11) is -3.82. The fourth-order valence-corrected chi connectivity index (χ4v) is 5.71. The normalized spacial score (nSPS) is 16.8. The van der Waals surface area contributed by atoms with E-state index in [4.69, 9.17) is 0 Å². The van der Waals surface area contributed by atoms with Gasteiger partial charge in [0.25, 0.3) is 10.0 Å². The third kappa shape index (κ3) is 3.28. The summed E-state index contributed by atoms with van der Waals surface area (Å²) in [4.78, 5) is 9.88. The molecular weight excluding hydrogens is 416 g/mol. The number of aryl methyl sites for hydroxylation is 1. The maximum Gasteiger partial charge on any atom is 0.279 e. The summed E-state index contributed by atoms with van der Waals surface area (Å²) in [5.74, 6) is 0. The van der Waals surface area contributed by atoms with Gasteiger partial charge in [-0.3, -0.25) is 9.97 Å². The molecule has 2 aromatic carbocycles. The second-order valence-electron chi connectivity index (χ2n) is 7.14. The first-order valence-corrected chi connectivity index (χ1v) is 11.8. The van der Waals surface area contributed by atoms with Crippen LogP contribution in [0.15, 0.2) is 82.4 Å². The number of rotatable bonds is 4. The van der Waals surface area contributed by atoms with Gasteiger partial charge in [0.15, 0.2) is 0 Å². The Morgan fingerprint density at radius 2 is 1.77 bits per heavy atom. The smallest absolute Gasteiger partial charge is 0.253 e. The number of hydrogen-bond donors (Lipinski definition) is 0. The molecule has 5 rings (SSSR count). The lowest BCUT2D eigenvalue weighted by atomic mass is 10.0. The minimum absolute atomic E-state index is 0.231. The van der Waals surface area contributed by atoms with E-state index in [1.165, 1.54) is 4.41 Å². The van der Waals surface area contributed by atoms with E-state index >= 15 is 0 Å². The topological polar surface area (TPSA) is 75.5 Å². The summed E-state index contributed by atoms with van der Waals surface area (Å²) in [5.41, 5.74) is 4.11. The second-order valence-corrected chi connectivity index (χ2v) is 9.88. The predicted molar refractivity (Wildman–Crippen MR) is 118 cm³/mol. The Morgan fingerprint density at radius 3 is 2.50 bits per heavy atom. The van der Waals surface area contributed by atoms with Crippen LogP contribution < -0.4 is 0 Å². The van der Waals surface area contributed by atoms with Crippen LogP contribution in [0.25, 0.3) is 11.0 Å². The lowest BCUT2D eigenvalue weighted by molar-refractivity contribution is 0.371. The fraction of sp³-hybridized carbons (Fsp3) is 0.136. The maximum absolute atomic E-state index is 13.5. The van der Waals surface area contributed by atoms with E-state index in [0.29, 0.717) is 6.42 Å². The van der Waals surface area contributed by atoms with Crippen molar-refractivity contribution >= 4 is 38.1 Å². The molecule has 1 atom stereocenters. The van der Waals surface area contributed by atoms with E-state index in [1.807, 2.05) is 42.6 Å². The Bertz CT molecular complexity index is 1350. The molecule has 0 N–H and O–H groups in total. The molecule has 30 heavy (non-hydrogen) atoms. The highest BCUT2D eigenvalue weighted by Gasteiger charge is 2.38. The molecule has 4 aromatic rings.